The molecule has 0 aliphatic rings. The summed E-state index contributed by atoms with van der Waals surface area (Å²) in [7, 11) is 0. The first-order valence-electron chi connectivity index (χ1n) is 4.33. The summed E-state index contributed by atoms with van der Waals surface area (Å²) < 4.78 is 0. The zero-order valence-corrected chi connectivity index (χ0v) is 9.87. The SMILES string of the molecule is Cc1c(C)[c-](C)c2ccccc12.[Ti+2]. The molecule has 0 bridgehead atoms. The van der Waals surface area contributed by atoms with Gasteiger partial charge in [0.2, 0.25) is 0 Å². The van der Waals surface area contributed by atoms with Gasteiger partial charge < -0.3 is 0 Å². The molecule has 0 nitrogen and oxygen atoms in total. The predicted molar refractivity (Wildman–Crippen MR) is 53.8 cm³/mol. The molecule has 2 rings (SSSR count). The second-order valence-electron chi connectivity index (χ2n) is 3.42. The summed E-state index contributed by atoms with van der Waals surface area (Å²) in [5.41, 5.74) is 4.31. The maximum Gasteiger partial charge on any atom is 2.00 e. The van der Waals surface area contributed by atoms with Crippen molar-refractivity contribution in [3.8, 4) is 0 Å². The van der Waals surface area contributed by atoms with E-state index in [2.05, 4.69) is 45.0 Å². The van der Waals surface area contributed by atoms with Crippen molar-refractivity contribution in [2.24, 2.45) is 0 Å². The largest absolute Gasteiger partial charge is 2.00 e. The molecule has 0 aliphatic heterocycles. The van der Waals surface area contributed by atoms with E-state index in [9.17, 15) is 0 Å². The van der Waals surface area contributed by atoms with Gasteiger partial charge in [0.1, 0.15) is 0 Å². The van der Waals surface area contributed by atoms with Gasteiger partial charge in [-0.05, 0) is 0 Å². The molecule has 2 aromatic carbocycles. The minimum Gasteiger partial charge on any atom is -0.153 e. The Hall–Kier alpha value is -0.456. The molecule has 13 heavy (non-hydrogen) atoms. The quantitative estimate of drug-likeness (QED) is 0.456. The topological polar surface area (TPSA) is 0 Å². The van der Waals surface area contributed by atoms with Crippen molar-refractivity contribution in [1.29, 1.82) is 0 Å². The molecule has 0 saturated heterocycles. The smallest absolute Gasteiger partial charge is 0.153 e. The first-order chi connectivity index (χ1) is 5.72. The van der Waals surface area contributed by atoms with Crippen LogP contribution in [0.5, 0.6) is 0 Å². The third-order valence-electron chi connectivity index (χ3n) is 2.86. The fourth-order valence-electron chi connectivity index (χ4n) is 1.82. The van der Waals surface area contributed by atoms with Crippen molar-refractivity contribution in [2.75, 3.05) is 0 Å². The Morgan fingerprint density at radius 3 is 2.31 bits per heavy atom. The fourth-order valence-corrected chi connectivity index (χ4v) is 1.82. The minimum atomic E-state index is 0. The number of aryl methyl sites for hydroxylation is 2. The predicted octanol–water partition coefficient (Wildman–Crippen LogP) is 3.48. The molecule has 0 saturated carbocycles. The van der Waals surface area contributed by atoms with Gasteiger partial charge in [0.15, 0.2) is 0 Å². The molecule has 0 aromatic heterocycles. The summed E-state index contributed by atoms with van der Waals surface area (Å²) in [5.74, 6) is 0. The average Bonchev–Trinajstić information content (AvgIpc) is 2.33. The molecule has 2 aromatic rings. The molecule has 1 heteroatoms. The maximum absolute atomic E-state index is 2.20. The van der Waals surface area contributed by atoms with Crippen LogP contribution in [0.25, 0.3) is 10.8 Å². The number of benzene rings is 1. The zero-order chi connectivity index (χ0) is 8.72. The van der Waals surface area contributed by atoms with Crippen LogP contribution in [-0.2, 0) is 21.7 Å². The summed E-state index contributed by atoms with van der Waals surface area (Å²) >= 11 is 0. The molecule has 0 spiro atoms. The molecule has 0 N–H and O–H groups in total. The molecular weight excluding hydrogens is 192 g/mol. The molecule has 0 amide bonds. The van der Waals surface area contributed by atoms with Gasteiger partial charge in [0.25, 0.3) is 0 Å². The van der Waals surface area contributed by atoms with E-state index >= 15 is 0 Å². The van der Waals surface area contributed by atoms with Crippen LogP contribution in [0.2, 0.25) is 0 Å². The summed E-state index contributed by atoms with van der Waals surface area (Å²) in [6.07, 6.45) is 0. The average molecular weight is 205 g/mol. The van der Waals surface area contributed by atoms with Crippen LogP contribution in [0.15, 0.2) is 24.3 Å². The van der Waals surface area contributed by atoms with Crippen LogP contribution in [0, 0.1) is 20.8 Å². The zero-order valence-electron chi connectivity index (χ0n) is 8.31. The monoisotopic (exact) mass is 205 g/mol. The van der Waals surface area contributed by atoms with E-state index in [-0.39, 0.29) is 21.7 Å². The Balaban J connectivity index is 0.000000845. The van der Waals surface area contributed by atoms with Gasteiger partial charge >= 0.3 is 21.7 Å². The van der Waals surface area contributed by atoms with Gasteiger partial charge in [-0.2, -0.15) is 5.56 Å². The van der Waals surface area contributed by atoms with E-state index in [0.717, 1.165) is 0 Å². The Morgan fingerprint density at radius 1 is 1.08 bits per heavy atom. The van der Waals surface area contributed by atoms with Crippen molar-refractivity contribution in [3.63, 3.8) is 0 Å². The van der Waals surface area contributed by atoms with Crippen molar-refractivity contribution < 1.29 is 21.7 Å². The van der Waals surface area contributed by atoms with Crippen molar-refractivity contribution in [2.45, 2.75) is 20.8 Å². The molecule has 0 radical (unpaired) electrons. The van der Waals surface area contributed by atoms with E-state index < -0.39 is 0 Å². The van der Waals surface area contributed by atoms with E-state index in [1.165, 1.54) is 27.5 Å². The third kappa shape index (κ3) is 1.49. The van der Waals surface area contributed by atoms with Crippen LogP contribution in [0.1, 0.15) is 16.7 Å². The molecular formula is C12H13Ti+. The van der Waals surface area contributed by atoms with Crippen molar-refractivity contribution >= 4 is 10.8 Å². The molecule has 0 unspecified atom stereocenters. The van der Waals surface area contributed by atoms with Gasteiger partial charge in [-0.15, -0.1) is 40.1 Å². The third-order valence-corrected chi connectivity index (χ3v) is 2.86. The van der Waals surface area contributed by atoms with Gasteiger partial charge in [-0.3, -0.25) is 0 Å². The first kappa shape index (κ1) is 10.6. The Labute approximate surface area is 94.2 Å². The summed E-state index contributed by atoms with van der Waals surface area (Å²) in [4.78, 5) is 0. The van der Waals surface area contributed by atoms with Gasteiger partial charge in [0, 0.05) is 0 Å². The normalized spacial score (nSPS) is 10.1. The maximum atomic E-state index is 2.20. The molecule has 0 heterocycles. The van der Waals surface area contributed by atoms with E-state index in [1.54, 1.807) is 0 Å². The van der Waals surface area contributed by atoms with Crippen LogP contribution in [0.3, 0.4) is 0 Å². The van der Waals surface area contributed by atoms with Crippen molar-refractivity contribution in [1.82, 2.24) is 0 Å². The summed E-state index contributed by atoms with van der Waals surface area (Å²) in [6, 6.07) is 8.61. The molecule has 0 fully saturated rings. The Kier molecular flexibility index (Phi) is 3.05. The number of rotatable bonds is 0. The molecule has 0 aliphatic carbocycles. The molecule has 0 atom stereocenters. The van der Waals surface area contributed by atoms with E-state index in [0.29, 0.717) is 0 Å². The second-order valence-corrected chi connectivity index (χ2v) is 3.42. The minimum absolute atomic E-state index is 0. The fraction of sp³-hybridized carbons (Fsp3) is 0.250. The van der Waals surface area contributed by atoms with Crippen LogP contribution in [0.4, 0.5) is 0 Å². The first-order valence-corrected chi connectivity index (χ1v) is 4.33. The van der Waals surface area contributed by atoms with Crippen molar-refractivity contribution in [3.05, 3.63) is 41.0 Å². The molecule has 64 valence electrons. The van der Waals surface area contributed by atoms with Gasteiger partial charge in [-0.1, -0.05) is 26.8 Å². The van der Waals surface area contributed by atoms with Crippen LogP contribution in [-0.4, -0.2) is 0 Å². The Morgan fingerprint density at radius 2 is 1.69 bits per heavy atom. The van der Waals surface area contributed by atoms with Crippen LogP contribution >= 0.6 is 0 Å². The summed E-state index contributed by atoms with van der Waals surface area (Å²) in [6.45, 7) is 6.60. The second kappa shape index (κ2) is 3.73. The number of hydrogen-bond acceptors (Lipinski definition) is 0. The van der Waals surface area contributed by atoms with Crippen LogP contribution < -0.4 is 0 Å². The number of fused-ring (bicyclic) bond motifs is 1. The standard InChI is InChI=1S/C12H13.Ti/c1-8-9(2)11-6-4-5-7-12(11)10(8)3;/h4-7H,1-3H3;/q-1;+2. The summed E-state index contributed by atoms with van der Waals surface area (Å²) in [5, 5.41) is 2.82. The van der Waals surface area contributed by atoms with E-state index in [4.69, 9.17) is 0 Å². The van der Waals surface area contributed by atoms with E-state index in [1.807, 2.05) is 0 Å². The van der Waals surface area contributed by atoms with Gasteiger partial charge in [0.05, 0.1) is 0 Å². The van der Waals surface area contributed by atoms with Gasteiger partial charge in [-0.25, -0.2) is 0 Å². The number of hydrogen-bond donors (Lipinski definition) is 0. The Bertz CT molecular complexity index is 385.